The van der Waals surface area contributed by atoms with E-state index in [2.05, 4.69) is 5.32 Å². The Labute approximate surface area is 160 Å². The number of methoxy groups -OCH3 is 2. The minimum Gasteiger partial charge on any atom is -0.495 e. The Hall–Kier alpha value is -1.96. The highest BCUT2D eigenvalue weighted by Gasteiger charge is 2.22. The van der Waals surface area contributed by atoms with Gasteiger partial charge in [0.1, 0.15) is 15.8 Å². The van der Waals surface area contributed by atoms with E-state index in [1.54, 1.807) is 14.2 Å². The van der Waals surface area contributed by atoms with Crippen LogP contribution in [0.15, 0.2) is 57.2 Å². The smallest absolute Gasteiger partial charge is 0.263 e. The van der Waals surface area contributed by atoms with Crippen LogP contribution in [0.2, 0.25) is 0 Å². The van der Waals surface area contributed by atoms with Gasteiger partial charge in [0, 0.05) is 4.90 Å². The Bertz CT molecular complexity index is 842. The van der Waals surface area contributed by atoms with Crippen molar-refractivity contribution in [3.05, 3.63) is 52.9 Å². The van der Waals surface area contributed by atoms with E-state index in [0.29, 0.717) is 9.23 Å². The van der Waals surface area contributed by atoms with Crippen molar-refractivity contribution in [1.29, 1.82) is 0 Å². The average Bonchev–Trinajstić information content (AvgIpc) is 2.94. The third-order valence-corrected chi connectivity index (χ3v) is 5.80. The van der Waals surface area contributed by atoms with Gasteiger partial charge in [0.15, 0.2) is 0 Å². The first-order valence-corrected chi connectivity index (χ1v) is 9.39. The molecule has 1 heterocycles. The van der Waals surface area contributed by atoms with Crippen molar-refractivity contribution in [3.63, 3.8) is 0 Å². The van der Waals surface area contributed by atoms with Gasteiger partial charge in [0.25, 0.3) is 5.91 Å². The number of thiocarbonyl (C=S) groups is 1. The summed E-state index contributed by atoms with van der Waals surface area (Å²) in [5, 5.41) is 2.63. The zero-order chi connectivity index (χ0) is 17.8. The van der Waals surface area contributed by atoms with Gasteiger partial charge >= 0.3 is 0 Å². The topological polar surface area (TPSA) is 47.6 Å². The molecule has 0 atom stereocenters. The van der Waals surface area contributed by atoms with Gasteiger partial charge in [-0.3, -0.25) is 4.79 Å². The van der Waals surface area contributed by atoms with Gasteiger partial charge in [-0.1, -0.05) is 60.0 Å². The Kier molecular flexibility index (Phi) is 5.67. The minimum atomic E-state index is -0.162. The molecule has 1 aliphatic heterocycles. The van der Waals surface area contributed by atoms with Crippen LogP contribution in [0.4, 0.5) is 0 Å². The average molecular weight is 390 g/mol. The van der Waals surface area contributed by atoms with E-state index in [9.17, 15) is 4.79 Å². The quantitative estimate of drug-likeness (QED) is 0.606. The number of nitrogens with one attached hydrogen (secondary N) is 1. The van der Waals surface area contributed by atoms with E-state index < -0.39 is 0 Å². The van der Waals surface area contributed by atoms with Crippen LogP contribution in [-0.4, -0.2) is 24.4 Å². The van der Waals surface area contributed by atoms with Crippen molar-refractivity contribution >= 4 is 52.0 Å². The van der Waals surface area contributed by atoms with Gasteiger partial charge < -0.3 is 14.8 Å². The van der Waals surface area contributed by atoms with E-state index in [1.807, 2.05) is 48.5 Å². The van der Waals surface area contributed by atoms with Crippen LogP contribution in [0.25, 0.3) is 6.08 Å². The summed E-state index contributed by atoms with van der Waals surface area (Å²) >= 11 is 7.85. The summed E-state index contributed by atoms with van der Waals surface area (Å²) in [6.07, 6.45) is 1.85. The molecule has 0 aromatic heterocycles. The Balaban J connectivity index is 1.99. The first-order chi connectivity index (χ1) is 12.1. The molecule has 25 heavy (non-hydrogen) atoms. The van der Waals surface area contributed by atoms with Crippen LogP contribution in [0.1, 0.15) is 5.56 Å². The molecule has 4 nitrogen and oxygen atoms in total. The highest BCUT2D eigenvalue weighted by atomic mass is 32.2. The van der Waals surface area contributed by atoms with Gasteiger partial charge in [0.2, 0.25) is 0 Å². The summed E-state index contributed by atoms with van der Waals surface area (Å²) in [5.74, 6) is 1.31. The van der Waals surface area contributed by atoms with Crippen molar-refractivity contribution in [2.24, 2.45) is 0 Å². The van der Waals surface area contributed by atoms with Crippen molar-refractivity contribution in [2.75, 3.05) is 14.2 Å². The molecule has 2 aromatic carbocycles. The molecule has 2 aromatic rings. The Morgan fingerprint density at radius 1 is 1.08 bits per heavy atom. The third-order valence-electron chi connectivity index (χ3n) is 3.44. The normalized spacial score (nSPS) is 15.4. The fourth-order valence-corrected chi connectivity index (χ4v) is 4.43. The number of benzene rings is 2. The third kappa shape index (κ3) is 4.00. The van der Waals surface area contributed by atoms with Crippen LogP contribution >= 0.6 is 35.7 Å². The minimum absolute atomic E-state index is 0.162. The van der Waals surface area contributed by atoms with Crippen molar-refractivity contribution in [1.82, 2.24) is 5.32 Å². The number of hydrogen-bond donors (Lipinski definition) is 1. The lowest BCUT2D eigenvalue weighted by Crippen LogP contribution is -2.17. The number of amides is 1. The molecule has 1 aliphatic rings. The molecule has 1 N–H and O–H groups in total. The van der Waals surface area contributed by atoms with Crippen LogP contribution < -0.4 is 14.8 Å². The SMILES string of the molecule is COc1cccc(OC)c1Sc1ccccc1C=C1SC(=S)NC1=O. The lowest BCUT2D eigenvalue weighted by molar-refractivity contribution is -0.115. The molecule has 0 radical (unpaired) electrons. The lowest BCUT2D eigenvalue weighted by atomic mass is 10.2. The molecule has 0 bridgehead atoms. The maximum atomic E-state index is 11.9. The Morgan fingerprint density at radius 2 is 1.76 bits per heavy atom. The van der Waals surface area contributed by atoms with Crippen LogP contribution in [0, 0.1) is 0 Å². The van der Waals surface area contributed by atoms with E-state index in [0.717, 1.165) is 26.9 Å². The fraction of sp³-hybridized carbons (Fsp3) is 0.111. The van der Waals surface area contributed by atoms with E-state index in [4.69, 9.17) is 21.7 Å². The monoisotopic (exact) mass is 389 g/mol. The highest BCUT2D eigenvalue weighted by molar-refractivity contribution is 8.26. The number of carbonyl (C=O) groups is 1. The summed E-state index contributed by atoms with van der Waals surface area (Å²) < 4.78 is 11.4. The molecule has 0 spiro atoms. The second-order valence-corrected chi connectivity index (χ2v) is 7.75. The largest absolute Gasteiger partial charge is 0.495 e. The molecule has 7 heteroatoms. The molecule has 0 saturated carbocycles. The number of hydrogen-bond acceptors (Lipinski definition) is 6. The van der Waals surface area contributed by atoms with Crippen LogP contribution in [0.3, 0.4) is 0 Å². The highest BCUT2D eigenvalue weighted by Crippen LogP contribution is 2.43. The fourth-order valence-electron chi connectivity index (χ4n) is 2.28. The van der Waals surface area contributed by atoms with E-state index in [-0.39, 0.29) is 5.91 Å². The summed E-state index contributed by atoms with van der Waals surface area (Å²) in [4.78, 5) is 14.4. The van der Waals surface area contributed by atoms with Crippen LogP contribution in [0.5, 0.6) is 11.5 Å². The molecule has 0 aliphatic carbocycles. The van der Waals surface area contributed by atoms with Gasteiger partial charge in [-0.05, 0) is 29.8 Å². The maximum Gasteiger partial charge on any atom is 0.263 e. The molecule has 0 unspecified atom stereocenters. The number of carbonyl (C=O) groups excluding carboxylic acids is 1. The zero-order valence-electron chi connectivity index (χ0n) is 13.6. The predicted octanol–water partition coefficient (Wildman–Crippen LogP) is 4.34. The first kappa shape index (κ1) is 17.8. The molecule has 1 amide bonds. The zero-order valence-corrected chi connectivity index (χ0v) is 16.0. The van der Waals surface area contributed by atoms with Gasteiger partial charge in [-0.2, -0.15) is 0 Å². The van der Waals surface area contributed by atoms with Gasteiger partial charge in [-0.25, -0.2) is 0 Å². The summed E-state index contributed by atoms with van der Waals surface area (Å²) in [7, 11) is 3.26. The van der Waals surface area contributed by atoms with Crippen LogP contribution in [-0.2, 0) is 4.79 Å². The maximum absolute atomic E-state index is 11.9. The molecular weight excluding hydrogens is 374 g/mol. The molecule has 3 rings (SSSR count). The summed E-state index contributed by atoms with van der Waals surface area (Å²) in [5.41, 5.74) is 0.933. The standard InChI is InChI=1S/C18H15NO3S3/c1-21-12-7-5-8-13(22-2)16(12)24-14-9-4-3-6-11(14)10-15-17(20)19-18(23)25-15/h3-10H,1-2H3,(H,19,20,23). The number of rotatable bonds is 5. The molecule has 1 fully saturated rings. The molecule has 128 valence electrons. The van der Waals surface area contributed by atoms with Gasteiger partial charge in [-0.15, -0.1) is 0 Å². The number of thioether (sulfide) groups is 1. The first-order valence-electron chi connectivity index (χ1n) is 7.35. The van der Waals surface area contributed by atoms with Crippen molar-refractivity contribution in [2.45, 2.75) is 9.79 Å². The lowest BCUT2D eigenvalue weighted by Gasteiger charge is -2.13. The predicted molar refractivity (Wildman–Crippen MR) is 106 cm³/mol. The van der Waals surface area contributed by atoms with E-state index in [1.165, 1.54) is 23.5 Å². The second-order valence-electron chi connectivity index (χ2n) is 4.98. The molecule has 1 saturated heterocycles. The molecular formula is C18H15NO3S3. The second kappa shape index (κ2) is 7.95. The Morgan fingerprint density at radius 3 is 2.36 bits per heavy atom. The number of ether oxygens (including phenoxy) is 2. The summed E-state index contributed by atoms with van der Waals surface area (Å²) in [6.45, 7) is 0. The summed E-state index contributed by atoms with van der Waals surface area (Å²) in [6, 6.07) is 13.5. The van der Waals surface area contributed by atoms with Gasteiger partial charge in [0.05, 0.1) is 24.0 Å². The van der Waals surface area contributed by atoms with Crippen molar-refractivity contribution < 1.29 is 14.3 Å². The van der Waals surface area contributed by atoms with Crippen molar-refractivity contribution in [3.8, 4) is 11.5 Å². The van der Waals surface area contributed by atoms with E-state index >= 15 is 0 Å².